The van der Waals surface area contributed by atoms with E-state index < -0.39 is 0 Å². The van der Waals surface area contributed by atoms with Crippen molar-refractivity contribution in [2.45, 2.75) is 33.4 Å². The number of likely N-dealkylation sites (N-methyl/N-ethyl adjacent to an activating group) is 1. The highest BCUT2D eigenvalue weighted by atomic mass is 79.9. The van der Waals surface area contributed by atoms with Crippen LogP contribution in [0.5, 0.6) is 0 Å². The van der Waals surface area contributed by atoms with Crippen molar-refractivity contribution >= 4 is 38.6 Å². The second-order valence-electron chi connectivity index (χ2n) is 10.3. The predicted octanol–water partition coefficient (Wildman–Crippen LogP) is 4.73. The van der Waals surface area contributed by atoms with Gasteiger partial charge in [0.25, 0.3) is 11.5 Å². The molecule has 0 bridgehead atoms. The zero-order chi connectivity index (χ0) is 27.0. The SMILES string of the molecule is Cc1ccc(CNC(=O)c2cc(-c3ccc(N4CCN(C)CC4)nc3)cc3c2c(Br)cn3C(C)C)c(=O)[nH]1. The van der Waals surface area contributed by atoms with Gasteiger partial charge in [0, 0.05) is 77.8 Å². The van der Waals surface area contributed by atoms with Crippen LogP contribution in [0.2, 0.25) is 0 Å². The number of rotatable bonds is 6. The van der Waals surface area contributed by atoms with Crippen molar-refractivity contribution in [3.8, 4) is 11.1 Å². The normalized spacial score (nSPS) is 14.4. The summed E-state index contributed by atoms with van der Waals surface area (Å²) in [6.45, 7) is 10.2. The topological polar surface area (TPSA) is 86.3 Å². The van der Waals surface area contributed by atoms with E-state index in [9.17, 15) is 9.59 Å². The Morgan fingerprint density at radius 1 is 1.11 bits per heavy atom. The molecule has 5 rings (SSSR count). The van der Waals surface area contributed by atoms with Gasteiger partial charge in [-0.2, -0.15) is 0 Å². The fourth-order valence-corrected chi connectivity index (χ4v) is 5.54. The highest BCUT2D eigenvalue weighted by Gasteiger charge is 2.20. The zero-order valence-corrected chi connectivity index (χ0v) is 23.8. The van der Waals surface area contributed by atoms with E-state index >= 15 is 0 Å². The molecule has 1 amide bonds. The van der Waals surface area contributed by atoms with Crippen molar-refractivity contribution < 1.29 is 4.79 Å². The third-order valence-corrected chi connectivity index (χ3v) is 7.77. The number of pyridine rings is 2. The summed E-state index contributed by atoms with van der Waals surface area (Å²) < 4.78 is 3.02. The molecule has 2 N–H and O–H groups in total. The van der Waals surface area contributed by atoms with Crippen LogP contribution in [0, 0.1) is 6.92 Å². The Morgan fingerprint density at radius 3 is 2.53 bits per heavy atom. The number of hydrogen-bond donors (Lipinski definition) is 2. The van der Waals surface area contributed by atoms with Gasteiger partial charge >= 0.3 is 0 Å². The number of carbonyl (C=O) groups is 1. The van der Waals surface area contributed by atoms with E-state index in [2.05, 4.69) is 79.7 Å². The average Bonchev–Trinajstić information content (AvgIpc) is 3.25. The smallest absolute Gasteiger partial charge is 0.253 e. The number of aromatic nitrogens is 3. The van der Waals surface area contributed by atoms with E-state index in [1.165, 1.54) is 0 Å². The van der Waals surface area contributed by atoms with Crippen LogP contribution in [0.3, 0.4) is 0 Å². The molecule has 0 spiro atoms. The number of nitrogens with zero attached hydrogens (tertiary/aromatic N) is 4. The van der Waals surface area contributed by atoms with E-state index in [1.54, 1.807) is 6.07 Å². The van der Waals surface area contributed by atoms with Gasteiger partial charge in [-0.3, -0.25) is 9.59 Å². The molecule has 4 heterocycles. The minimum Gasteiger partial charge on any atom is -0.354 e. The number of halogens is 1. The molecule has 9 heteroatoms. The van der Waals surface area contributed by atoms with Crippen LogP contribution in [0.25, 0.3) is 22.0 Å². The zero-order valence-electron chi connectivity index (χ0n) is 22.2. The molecule has 1 aliphatic heterocycles. The second-order valence-corrected chi connectivity index (χ2v) is 11.1. The lowest BCUT2D eigenvalue weighted by Gasteiger charge is -2.33. The van der Waals surface area contributed by atoms with Crippen LogP contribution >= 0.6 is 15.9 Å². The second kappa shape index (κ2) is 10.7. The lowest BCUT2D eigenvalue weighted by atomic mass is 10.0. The van der Waals surface area contributed by atoms with Gasteiger partial charge in [-0.05, 0) is 79.6 Å². The van der Waals surface area contributed by atoms with Crippen molar-refractivity contribution in [3.05, 3.63) is 80.4 Å². The van der Waals surface area contributed by atoms with Gasteiger partial charge in [-0.25, -0.2) is 4.98 Å². The van der Waals surface area contributed by atoms with Gasteiger partial charge in [0.1, 0.15) is 5.82 Å². The number of aryl methyl sites for hydroxylation is 1. The summed E-state index contributed by atoms with van der Waals surface area (Å²) in [7, 11) is 2.14. The molecule has 1 aliphatic rings. The summed E-state index contributed by atoms with van der Waals surface area (Å²) in [6, 6.07) is 12.0. The summed E-state index contributed by atoms with van der Waals surface area (Å²) in [4.78, 5) is 38.0. The first-order valence-corrected chi connectivity index (χ1v) is 13.7. The molecule has 1 fully saturated rings. The number of H-pyrrole nitrogens is 1. The lowest BCUT2D eigenvalue weighted by molar-refractivity contribution is 0.0952. The molecule has 4 aromatic rings. The first kappa shape index (κ1) is 26.2. The minimum atomic E-state index is -0.235. The molecule has 0 radical (unpaired) electrons. The van der Waals surface area contributed by atoms with Crippen LogP contribution in [-0.4, -0.2) is 58.6 Å². The highest BCUT2D eigenvalue weighted by Crippen LogP contribution is 2.36. The van der Waals surface area contributed by atoms with Crippen molar-refractivity contribution in [2.24, 2.45) is 0 Å². The average molecular weight is 578 g/mol. The number of carbonyl (C=O) groups excluding carboxylic acids is 1. The van der Waals surface area contributed by atoms with Crippen LogP contribution in [0.4, 0.5) is 5.82 Å². The number of hydrogen-bond acceptors (Lipinski definition) is 5. The summed E-state index contributed by atoms with van der Waals surface area (Å²) >= 11 is 3.68. The Labute approximate surface area is 230 Å². The fourth-order valence-electron chi connectivity index (χ4n) is 4.90. The Morgan fingerprint density at radius 2 is 1.87 bits per heavy atom. The van der Waals surface area contributed by atoms with E-state index in [4.69, 9.17) is 4.98 Å². The third kappa shape index (κ3) is 5.26. The number of nitrogens with one attached hydrogen (secondary N) is 2. The summed E-state index contributed by atoms with van der Waals surface area (Å²) in [5.74, 6) is 0.735. The fraction of sp³-hybridized carbons (Fsp3) is 0.345. The Balaban J connectivity index is 1.50. The maximum atomic E-state index is 13.5. The molecule has 1 aromatic carbocycles. The number of fused-ring (bicyclic) bond motifs is 1. The monoisotopic (exact) mass is 576 g/mol. The quantitative estimate of drug-likeness (QED) is 0.346. The minimum absolute atomic E-state index is 0.143. The van der Waals surface area contributed by atoms with Crippen LogP contribution in [0.15, 0.2) is 58.1 Å². The number of amides is 1. The molecule has 3 aromatic heterocycles. The maximum Gasteiger partial charge on any atom is 0.253 e. The number of piperazine rings is 1. The molecule has 0 saturated carbocycles. The lowest BCUT2D eigenvalue weighted by Crippen LogP contribution is -2.44. The number of benzene rings is 1. The molecule has 0 aliphatic carbocycles. The Kier molecular flexibility index (Phi) is 7.40. The van der Waals surface area contributed by atoms with Gasteiger partial charge in [-0.15, -0.1) is 0 Å². The van der Waals surface area contributed by atoms with Crippen molar-refractivity contribution in [1.82, 2.24) is 24.8 Å². The van der Waals surface area contributed by atoms with E-state index in [-0.39, 0.29) is 24.1 Å². The van der Waals surface area contributed by atoms with Gasteiger partial charge in [0.2, 0.25) is 0 Å². The van der Waals surface area contributed by atoms with Crippen LogP contribution in [-0.2, 0) is 6.54 Å². The predicted molar refractivity (Wildman–Crippen MR) is 156 cm³/mol. The first-order chi connectivity index (χ1) is 18.2. The molecule has 0 unspecified atom stereocenters. The molecule has 1 saturated heterocycles. The van der Waals surface area contributed by atoms with Crippen LogP contribution < -0.4 is 15.8 Å². The molecule has 0 atom stereocenters. The van der Waals surface area contributed by atoms with Gasteiger partial charge in [-0.1, -0.05) is 6.07 Å². The Hall–Kier alpha value is -3.43. The third-order valence-electron chi connectivity index (χ3n) is 7.17. The summed E-state index contributed by atoms with van der Waals surface area (Å²) in [5.41, 5.74) is 4.48. The van der Waals surface area contributed by atoms with E-state index in [0.717, 1.165) is 64.2 Å². The Bertz CT molecular complexity index is 1530. The summed E-state index contributed by atoms with van der Waals surface area (Å²) in [5, 5.41) is 3.80. The van der Waals surface area contributed by atoms with Gasteiger partial charge in [0.15, 0.2) is 0 Å². The standard InChI is InChI=1S/C29H33BrN6O2/c1-18(2)36-17-24(30)27-23(29(38)32-16-21-6-5-19(3)33-28(21)37)13-22(14-25(27)36)20-7-8-26(31-15-20)35-11-9-34(4)10-12-35/h5-8,13-15,17-18H,9-12,16H2,1-4H3,(H,32,38)(H,33,37). The van der Waals surface area contributed by atoms with Crippen LogP contribution in [0.1, 0.15) is 41.5 Å². The van der Waals surface area contributed by atoms with Crippen molar-refractivity contribution in [3.63, 3.8) is 0 Å². The molecule has 8 nitrogen and oxygen atoms in total. The molecule has 198 valence electrons. The molecular weight excluding hydrogens is 544 g/mol. The van der Waals surface area contributed by atoms with E-state index in [0.29, 0.717) is 11.1 Å². The molecular formula is C29H33BrN6O2. The summed E-state index contributed by atoms with van der Waals surface area (Å²) in [6.07, 6.45) is 3.91. The maximum absolute atomic E-state index is 13.5. The van der Waals surface area contributed by atoms with Gasteiger partial charge < -0.3 is 24.7 Å². The van der Waals surface area contributed by atoms with Crippen molar-refractivity contribution in [1.29, 1.82) is 0 Å². The molecule has 38 heavy (non-hydrogen) atoms. The largest absolute Gasteiger partial charge is 0.354 e. The van der Waals surface area contributed by atoms with E-state index in [1.807, 2.05) is 31.5 Å². The van der Waals surface area contributed by atoms with Gasteiger partial charge in [0.05, 0.1) is 11.1 Å². The number of aromatic amines is 1. The highest BCUT2D eigenvalue weighted by molar-refractivity contribution is 9.10. The number of anilines is 1. The first-order valence-electron chi connectivity index (χ1n) is 12.9. The van der Waals surface area contributed by atoms with Crippen molar-refractivity contribution in [2.75, 3.05) is 38.1 Å².